The van der Waals surface area contributed by atoms with E-state index in [2.05, 4.69) is 65.0 Å². The zero-order chi connectivity index (χ0) is 13.1. The third kappa shape index (κ3) is 2.43. The highest BCUT2D eigenvalue weighted by molar-refractivity contribution is 5.58. The zero-order valence-electron chi connectivity index (χ0n) is 11.0. The van der Waals surface area contributed by atoms with Crippen LogP contribution in [0.5, 0.6) is 0 Å². The lowest BCUT2D eigenvalue weighted by Crippen LogP contribution is -2.01. The maximum Gasteiger partial charge on any atom is 0.0954 e. The van der Waals surface area contributed by atoms with E-state index in [1.807, 2.05) is 18.6 Å². The fourth-order valence-electron chi connectivity index (χ4n) is 2.27. The Hall–Kier alpha value is -2.35. The Morgan fingerprint density at radius 2 is 1.68 bits per heavy atom. The molecule has 0 fully saturated rings. The summed E-state index contributed by atoms with van der Waals surface area (Å²) in [6.45, 7) is 3.01. The van der Waals surface area contributed by atoms with Gasteiger partial charge >= 0.3 is 0 Å². The maximum atomic E-state index is 4.29. The van der Waals surface area contributed by atoms with Crippen molar-refractivity contribution in [2.75, 3.05) is 0 Å². The second-order valence-corrected chi connectivity index (χ2v) is 4.70. The van der Waals surface area contributed by atoms with E-state index in [-0.39, 0.29) is 0 Å². The highest BCUT2D eigenvalue weighted by Crippen LogP contribution is 2.20. The van der Waals surface area contributed by atoms with E-state index in [9.17, 15) is 0 Å². The van der Waals surface area contributed by atoms with Crippen molar-refractivity contribution in [3.8, 4) is 11.3 Å². The van der Waals surface area contributed by atoms with Crippen LogP contribution in [0.25, 0.3) is 11.3 Å². The molecule has 2 heteroatoms. The van der Waals surface area contributed by atoms with Gasteiger partial charge < -0.3 is 4.57 Å². The van der Waals surface area contributed by atoms with Crippen molar-refractivity contribution < 1.29 is 0 Å². The van der Waals surface area contributed by atoms with Gasteiger partial charge in [0, 0.05) is 6.54 Å². The Morgan fingerprint density at radius 3 is 2.47 bits per heavy atom. The molecule has 19 heavy (non-hydrogen) atoms. The van der Waals surface area contributed by atoms with Crippen LogP contribution in [0.3, 0.4) is 0 Å². The van der Waals surface area contributed by atoms with Gasteiger partial charge in [-0.15, -0.1) is 0 Å². The number of hydrogen-bond donors (Lipinski definition) is 0. The number of nitrogens with zero attached hydrogens (tertiary/aromatic N) is 2. The molecule has 0 unspecified atom stereocenters. The molecule has 2 nitrogen and oxygen atoms in total. The Labute approximate surface area is 113 Å². The standard InChI is InChI=1S/C17H16N2/c1-14-7-5-6-10-16(14)12-19-13-18-11-17(19)15-8-3-2-4-9-15/h2-11,13H,12H2,1H3. The first-order chi connectivity index (χ1) is 9.34. The van der Waals surface area contributed by atoms with E-state index in [1.165, 1.54) is 16.7 Å². The van der Waals surface area contributed by atoms with Crippen LogP contribution in [0.4, 0.5) is 0 Å². The van der Waals surface area contributed by atoms with Gasteiger partial charge in [-0.25, -0.2) is 4.98 Å². The van der Waals surface area contributed by atoms with Gasteiger partial charge in [-0.1, -0.05) is 54.6 Å². The molecular weight excluding hydrogens is 232 g/mol. The van der Waals surface area contributed by atoms with Crippen LogP contribution in [0.2, 0.25) is 0 Å². The average Bonchev–Trinajstić information content (AvgIpc) is 2.91. The highest BCUT2D eigenvalue weighted by atomic mass is 15.0. The monoisotopic (exact) mass is 248 g/mol. The molecule has 0 saturated heterocycles. The van der Waals surface area contributed by atoms with E-state index >= 15 is 0 Å². The maximum absolute atomic E-state index is 4.29. The minimum absolute atomic E-state index is 0.858. The highest BCUT2D eigenvalue weighted by Gasteiger charge is 2.06. The normalized spacial score (nSPS) is 10.6. The van der Waals surface area contributed by atoms with E-state index in [1.54, 1.807) is 0 Å². The van der Waals surface area contributed by atoms with Crippen LogP contribution in [-0.4, -0.2) is 9.55 Å². The fraction of sp³-hybridized carbons (Fsp3) is 0.118. The van der Waals surface area contributed by atoms with Crippen LogP contribution in [-0.2, 0) is 6.54 Å². The molecule has 3 aromatic rings. The fourth-order valence-corrected chi connectivity index (χ4v) is 2.27. The summed E-state index contributed by atoms with van der Waals surface area (Å²) in [5.74, 6) is 0. The molecule has 2 aromatic carbocycles. The summed E-state index contributed by atoms with van der Waals surface area (Å²) < 4.78 is 2.19. The number of hydrogen-bond acceptors (Lipinski definition) is 1. The number of aromatic nitrogens is 2. The number of imidazole rings is 1. The Balaban J connectivity index is 1.96. The predicted octanol–water partition coefficient (Wildman–Crippen LogP) is 3.91. The van der Waals surface area contributed by atoms with Crippen LogP contribution in [0, 0.1) is 6.92 Å². The first kappa shape index (κ1) is 11.7. The average molecular weight is 248 g/mol. The number of rotatable bonds is 3. The van der Waals surface area contributed by atoms with Gasteiger partial charge in [0.1, 0.15) is 0 Å². The van der Waals surface area contributed by atoms with Gasteiger partial charge in [0.2, 0.25) is 0 Å². The van der Waals surface area contributed by atoms with Gasteiger partial charge in [-0.2, -0.15) is 0 Å². The lowest BCUT2D eigenvalue weighted by atomic mass is 10.1. The van der Waals surface area contributed by atoms with Crippen LogP contribution < -0.4 is 0 Å². The van der Waals surface area contributed by atoms with Gasteiger partial charge in [0.25, 0.3) is 0 Å². The minimum Gasteiger partial charge on any atom is -0.326 e. The summed E-state index contributed by atoms with van der Waals surface area (Å²) in [6.07, 6.45) is 3.82. The van der Waals surface area contributed by atoms with E-state index in [0.717, 1.165) is 12.2 Å². The van der Waals surface area contributed by atoms with Gasteiger partial charge in [0.05, 0.1) is 18.2 Å². The van der Waals surface area contributed by atoms with E-state index in [4.69, 9.17) is 0 Å². The van der Waals surface area contributed by atoms with Crippen molar-refractivity contribution in [2.24, 2.45) is 0 Å². The molecule has 0 N–H and O–H groups in total. The molecule has 0 aliphatic rings. The zero-order valence-corrected chi connectivity index (χ0v) is 11.0. The molecule has 3 rings (SSSR count). The Kier molecular flexibility index (Phi) is 3.15. The summed E-state index contributed by atoms with van der Waals surface area (Å²) in [4.78, 5) is 4.29. The third-order valence-electron chi connectivity index (χ3n) is 3.38. The summed E-state index contributed by atoms with van der Waals surface area (Å²) in [5, 5.41) is 0. The van der Waals surface area contributed by atoms with Gasteiger partial charge in [0.15, 0.2) is 0 Å². The molecule has 94 valence electrons. The summed E-state index contributed by atoms with van der Waals surface area (Å²) in [7, 11) is 0. The lowest BCUT2D eigenvalue weighted by Gasteiger charge is -2.10. The smallest absolute Gasteiger partial charge is 0.0954 e. The summed E-state index contributed by atoms with van der Waals surface area (Å²) in [6, 6.07) is 18.9. The van der Waals surface area contributed by atoms with E-state index in [0.29, 0.717) is 0 Å². The molecule has 0 spiro atoms. The molecule has 0 amide bonds. The van der Waals surface area contributed by atoms with Crippen LogP contribution in [0.15, 0.2) is 67.1 Å². The molecule has 0 aliphatic heterocycles. The number of benzene rings is 2. The molecule has 0 aliphatic carbocycles. The quantitative estimate of drug-likeness (QED) is 0.687. The van der Waals surface area contributed by atoms with E-state index < -0.39 is 0 Å². The Bertz CT molecular complexity index is 668. The molecule has 1 heterocycles. The number of aryl methyl sites for hydroxylation is 1. The molecule has 0 bridgehead atoms. The topological polar surface area (TPSA) is 17.8 Å². The van der Waals surface area contributed by atoms with Crippen molar-refractivity contribution >= 4 is 0 Å². The van der Waals surface area contributed by atoms with Crippen molar-refractivity contribution in [1.82, 2.24) is 9.55 Å². The minimum atomic E-state index is 0.858. The third-order valence-corrected chi connectivity index (χ3v) is 3.38. The molecule has 0 atom stereocenters. The predicted molar refractivity (Wildman–Crippen MR) is 77.9 cm³/mol. The second kappa shape index (κ2) is 5.11. The second-order valence-electron chi connectivity index (χ2n) is 4.70. The van der Waals surface area contributed by atoms with Crippen molar-refractivity contribution in [2.45, 2.75) is 13.5 Å². The van der Waals surface area contributed by atoms with Gasteiger partial charge in [-0.05, 0) is 23.6 Å². The van der Waals surface area contributed by atoms with Crippen molar-refractivity contribution in [3.63, 3.8) is 0 Å². The first-order valence-electron chi connectivity index (χ1n) is 6.44. The van der Waals surface area contributed by atoms with Crippen LogP contribution in [0.1, 0.15) is 11.1 Å². The largest absolute Gasteiger partial charge is 0.326 e. The SMILES string of the molecule is Cc1ccccc1Cn1cncc1-c1ccccc1. The summed E-state index contributed by atoms with van der Waals surface area (Å²) in [5.41, 5.74) is 5.00. The first-order valence-corrected chi connectivity index (χ1v) is 6.44. The Morgan fingerprint density at radius 1 is 0.947 bits per heavy atom. The van der Waals surface area contributed by atoms with Crippen molar-refractivity contribution in [3.05, 3.63) is 78.2 Å². The summed E-state index contributed by atoms with van der Waals surface area (Å²) >= 11 is 0. The van der Waals surface area contributed by atoms with Crippen LogP contribution >= 0.6 is 0 Å². The molecule has 0 radical (unpaired) electrons. The molecule has 1 aromatic heterocycles. The molecular formula is C17H16N2. The molecule has 0 saturated carbocycles. The lowest BCUT2D eigenvalue weighted by molar-refractivity contribution is 0.799. The van der Waals surface area contributed by atoms with Gasteiger partial charge in [-0.3, -0.25) is 0 Å². The van der Waals surface area contributed by atoms with Crippen molar-refractivity contribution in [1.29, 1.82) is 0 Å².